The van der Waals surface area contributed by atoms with Crippen LogP contribution in [0.2, 0.25) is 0 Å². The number of ether oxygens (including phenoxy) is 5. The number of carbonyl (C=O) groups excluding carboxylic acids is 1. The molecular formula is C31H26O8. The van der Waals surface area contributed by atoms with Crippen molar-refractivity contribution in [2.45, 2.75) is 6.92 Å². The lowest BCUT2D eigenvalue weighted by Gasteiger charge is -2.15. The molecule has 0 spiro atoms. The Balaban J connectivity index is 1.34. The van der Waals surface area contributed by atoms with Crippen molar-refractivity contribution in [2.75, 3.05) is 27.9 Å². The van der Waals surface area contributed by atoms with Gasteiger partial charge in [0.15, 0.2) is 18.1 Å². The van der Waals surface area contributed by atoms with E-state index in [9.17, 15) is 9.59 Å². The monoisotopic (exact) mass is 526 g/mol. The highest BCUT2D eigenvalue weighted by molar-refractivity contribution is 6.10. The highest BCUT2D eigenvalue weighted by atomic mass is 16.6. The third kappa shape index (κ3) is 5.09. The second kappa shape index (κ2) is 10.8. The summed E-state index contributed by atoms with van der Waals surface area (Å²) < 4.78 is 32.9. The van der Waals surface area contributed by atoms with E-state index in [1.807, 2.05) is 19.1 Å². The number of methoxy groups -OCH3 is 3. The third-order valence-corrected chi connectivity index (χ3v) is 6.30. The Bertz CT molecular complexity index is 1720. The largest absolute Gasteiger partial charge is 0.493 e. The minimum absolute atomic E-state index is 0.202. The van der Waals surface area contributed by atoms with Crippen LogP contribution in [0, 0.1) is 6.92 Å². The molecule has 0 aliphatic rings. The van der Waals surface area contributed by atoms with Crippen LogP contribution in [0.3, 0.4) is 0 Å². The molecular weight excluding hydrogens is 500 g/mol. The molecule has 1 heterocycles. The van der Waals surface area contributed by atoms with Crippen molar-refractivity contribution in [3.05, 3.63) is 88.8 Å². The Morgan fingerprint density at radius 3 is 2.03 bits per heavy atom. The number of hydrogen-bond acceptors (Lipinski definition) is 8. The van der Waals surface area contributed by atoms with E-state index in [0.717, 1.165) is 11.1 Å². The average molecular weight is 527 g/mol. The molecule has 4 aromatic carbocycles. The van der Waals surface area contributed by atoms with Crippen molar-refractivity contribution in [1.82, 2.24) is 0 Å². The molecule has 0 N–H and O–H groups in total. The van der Waals surface area contributed by atoms with E-state index >= 15 is 0 Å². The predicted octanol–water partition coefficient (Wildman–Crippen LogP) is 5.93. The van der Waals surface area contributed by atoms with Crippen LogP contribution in [0.4, 0.5) is 0 Å². The molecule has 198 valence electrons. The van der Waals surface area contributed by atoms with Crippen LogP contribution in [-0.2, 0) is 4.79 Å². The molecule has 1 aromatic heterocycles. The van der Waals surface area contributed by atoms with Crippen LogP contribution in [0.5, 0.6) is 28.7 Å². The molecule has 0 aliphatic heterocycles. The smallest absolute Gasteiger partial charge is 0.349 e. The standard InChI is InChI=1S/C31H26O8/c1-18-5-7-19(8-6-18)20-9-11-21(12-10-20)37-17-27(32)38-22-13-14-23-25(15-22)39-31(33)24-16-26(34-2)29(35-3)30(36-4)28(23)24/h5-16H,17H2,1-4H3. The van der Waals surface area contributed by atoms with Crippen molar-refractivity contribution in [2.24, 2.45) is 0 Å². The van der Waals surface area contributed by atoms with Crippen LogP contribution in [0.25, 0.3) is 32.9 Å². The number of benzene rings is 4. The molecule has 5 rings (SSSR count). The van der Waals surface area contributed by atoms with Gasteiger partial charge < -0.3 is 28.1 Å². The van der Waals surface area contributed by atoms with Crippen molar-refractivity contribution in [3.63, 3.8) is 0 Å². The molecule has 5 aromatic rings. The number of carbonyl (C=O) groups is 1. The number of hydrogen-bond donors (Lipinski definition) is 0. The lowest BCUT2D eigenvalue weighted by atomic mass is 10.0. The zero-order chi connectivity index (χ0) is 27.5. The van der Waals surface area contributed by atoms with Crippen LogP contribution in [0.15, 0.2) is 82.0 Å². The van der Waals surface area contributed by atoms with Gasteiger partial charge in [-0.25, -0.2) is 9.59 Å². The molecule has 0 bridgehead atoms. The maximum absolute atomic E-state index is 12.8. The third-order valence-electron chi connectivity index (χ3n) is 6.30. The van der Waals surface area contributed by atoms with E-state index in [1.165, 1.54) is 33.0 Å². The molecule has 0 aliphatic carbocycles. The number of esters is 1. The lowest BCUT2D eigenvalue weighted by Crippen LogP contribution is -2.17. The molecule has 0 amide bonds. The summed E-state index contributed by atoms with van der Waals surface area (Å²) in [6.07, 6.45) is 0. The van der Waals surface area contributed by atoms with Gasteiger partial charge in [-0.2, -0.15) is 0 Å². The van der Waals surface area contributed by atoms with E-state index in [0.29, 0.717) is 33.8 Å². The fourth-order valence-corrected chi connectivity index (χ4v) is 4.39. The fourth-order valence-electron chi connectivity index (χ4n) is 4.39. The van der Waals surface area contributed by atoms with Gasteiger partial charge in [-0.3, -0.25) is 0 Å². The fraction of sp³-hybridized carbons (Fsp3) is 0.161. The summed E-state index contributed by atoms with van der Waals surface area (Å²) in [5.41, 5.74) is 2.95. The zero-order valence-corrected chi connectivity index (χ0v) is 21.9. The van der Waals surface area contributed by atoms with Crippen molar-refractivity contribution in [3.8, 4) is 39.9 Å². The van der Waals surface area contributed by atoms with E-state index in [1.54, 1.807) is 30.3 Å². The van der Waals surface area contributed by atoms with Gasteiger partial charge in [-0.15, -0.1) is 0 Å². The second-order valence-electron chi connectivity index (χ2n) is 8.77. The average Bonchev–Trinajstić information content (AvgIpc) is 2.95. The molecule has 39 heavy (non-hydrogen) atoms. The van der Waals surface area contributed by atoms with Crippen molar-refractivity contribution >= 4 is 27.7 Å². The molecule has 0 atom stereocenters. The molecule has 8 heteroatoms. The van der Waals surface area contributed by atoms with E-state index in [-0.39, 0.29) is 23.3 Å². The van der Waals surface area contributed by atoms with Crippen LogP contribution >= 0.6 is 0 Å². The van der Waals surface area contributed by atoms with E-state index in [4.69, 9.17) is 28.1 Å². The predicted molar refractivity (Wildman–Crippen MR) is 147 cm³/mol. The minimum Gasteiger partial charge on any atom is -0.493 e. The second-order valence-corrected chi connectivity index (χ2v) is 8.77. The van der Waals surface area contributed by atoms with Gasteiger partial charge in [0.2, 0.25) is 5.75 Å². The van der Waals surface area contributed by atoms with E-state index < -0.39 is 11.6 Å². The SMILES string of the molecule is COc1cc2c(=O)oc3cc(OC(=O)COc4ccc(-c5ccc(C)cc5)cc4)ccc3c2c(OC)c1OC. The number of aryl methyl sites for hydroxylation is 1. The topological polar surface area (TPSA) is 93.4 Å². The van der Waals surface area contributed by atoms with Crippen LogP contribution < -0.4 is 29.3 Å². The van der Waals surface area contributed by atoms with Gasteiger partial charge in [0.25, 0.3) is 0 Å². The molecule has 8 nitrogen and oxygen atoms in total. The lowest BCUT2D eigenvalue weighted by molar-refractivity contribution is -0.136. The van der Waals surface area contributed by atoms with Crippen molar-refractivity contribution in [1.29, 1.82) is 0 Å². The zero-order valence-electron chi connectivity index (χ0n) is 21.9. The Kier molecular flexibility index (Phi) is 7.10. The molecule has 0 fully saturated rings. The van der Waals surface area contributed by atoms with Gasteiger partial charge in [0, 0.05) is 16.8 Å². The van der Waals surface area contributed by atoms with Gasteiger partial charge in [-0.1, -0.05) is 42.0 Å². The summed E-state index contributed by atoms with van der Waals surface area (Å²) in [5.74, 6) is 1.14. The summed E-state index contributed by atoms with van der Waals surface area (Å²) in [4.78, 5) is 25.3. The van der Waals surface area contributed by atoms with Gasteiger partial charge in [0.05, 0.1) is 26.7 Å². The minimum atomic E-state index is -0.607. The van der Waals surface area contributed by atoms with Crippen molar-refractivity contribution < 1.29 is 32.9 Å². The quantitative estimate of drug-likeness (QED) is 0.106. The first-order valence-electron chi connectivity index (χ1n) is 12.1. The van der Waals surface area contributed by atoms with Gasteiger partial charge >= 0.3 is 11.6 Å². The molecule has 0 saturated carbocycles. The maximum Gasteiger partial charge on any atom is 0.349 e. The van der Waals surface area contributed by atoms with Crippen LogP contribution in [-0.4, -0.2) is 33.9 Å². The van der Waals surface area contributed by atoms with E-state index in [2.05, 4.69) is 24.3 Å². The maximum atomic E-state index is 12.8. The normalized spacial score (nSPS) is 10.9. The summed E-state index contributed by atoms with van der Waals surface area (Å²) in [6.45, 7) is 1.75. The first-order valence-corrected chi connectivity index (χ1v) is 12.1. The Hall–Kier alpha value is -4.98. The molecule has 0 saturated heterocycles. The summed E-state index contributed by atoms with van der Waals surface area (Å²) in [6, 6.07) is 22.0. The number of rotatable bonds is 8. The first kappa shape index (κ1) is 25.7. The summed E-state index contributed by atoms with van der Waals surface area (Å²) in [7, 11) is 4.43. The van der Waals surface area contributed by atoms with Crippen LogP contribution in [0.1, 0.15) is 5.56 Å². The summed E-state index contributed by atoms with van der Waals surface area (Å²) in [5, 5.41) is 1.34. The Morgan fingerprint density at radius 1 is 0.744 bits per heavy atom. The summed E-state index contributed by atoms with van der Waals surface area (Å²) >= 11 is 0. The Labute approximate surface area is 224 Å². The van der Waals surface area contributed by atoms with Gasteiger partial charge in [0.1, 0.15) is 17.1 Å². The molecule has 0 unspecified atom stereocenters. The Morgan fingerprint density at radius 2 is 1.38 bits per heavy atom. The van der Waals surface area contributed by atoms with Gasteiger partial charge in [-0.05, 0) is 48.4 Å². The highest BCUT2D eigenvalue weighted by Gasteiger charge is 2.21. The molecule has 0 radical (unpaired) electrons. The number of fused-ring (bicyclic) bond motifs is 3. The first-order chi connectivity index (χ1) is 18.9. The highest BCUT2D eigenvalue weighted by Crippen LogP contribution is 2.45.